The maximum absolute atomic E-state index is 5.80. The van der Waals surface area contributed by atoms with Crippen molar-refractivity contribution in [1.29, 1.82) is 0 Å². The highest BCUT2D eigenvalue weighted by molar-refractivity contribution is 5.37. The molecule has 0 N–H and O–H groups in total. The van der Waals surface area contributed by atoms with E-state index in [1.54, 1.807) is 18.7 Å². The van der Waals surface area contributed by atoms with Crippen LogP contribution in [0.4, 0.5) is 5.82 Å². The Hall–Kier alpha value is -2.08. The minimum atomic E-state index is -0.0367. The lowest BCUT2D eigenvalue weighted by molar-refractivity contribution is 0.0365. The summed E-state index contributed by atoms with van der Waals surface area (Å²) in [4.78, 5) is 18.9. The number of hydrogen-bond donors (Lipinski definition) is 0. The highest BCUT2D eigenvalue weighted by atomic mass is 16.5. The van der Waals surface area contributed by atoms with Gasteiger partial charge in [0.2, 0.25) is 0 Å². The van der Waals surface area contributed by atoms with Crippen LogP contribution in [0.5, 0.6) is 0 Å². The van der Waals surface area contributed by atoms with E-state index in [-0.39, 0.29) is 6.10 Å². The van der Waals surface area contributed by atoms with Crippen molar-refractivity contribution in [2.45, 2.75) is 13.0 Å². The fraction of sp³-hybridized carbons (Fsp3) is 0.385. The van der Waals surface area contributed by atoms with Crippen LogP contribution in [0.2, 0.25) is 0 Å². The first kappa shape index (κ1) is 12.0. The summed E-state index contributed by atoms with van der Waals surface area (Å²) >= 11 is 0. The molecule has 1 fully saturated rings. The molecule has 0 aromatic carbocycles. The number of aryl methyl sites for hydroxylation is 1. The maximum Gasteiger partial charge on any atom is 0.132 e. The molecule has 0 bridgehead atoms. The van der Waals surface area contributed by atoms with E-state index in [2.05, 4.69) is 24.8 Å². The standard InChI is InChI=1S/C13H15N5O/c1-10-15-5-2-11(17-10)12-8-18(6-7-19-12)13-3-4-14-9-16-13/h2-5,9,12H,6-8H2,1H3. The van der Waals surface area contributed by atoms with Crippen LogP contribution in [0.1, 0.15) is 17.6 Å². The highest BCUT2D eigenvalue weighted by Crippen LogP contribution is 2.23. The van der Waals surface area contributed by atoms with Crippen LogP contribution in [0.3, 0.4) is 0 Å². The predicted octanol–water partition coefficient (Wildman–Crippen LogP) is 1.15. The molecule has 98 valence electrons. The Morgan fingerprint density at radius 3 is 3.00 bits per heavy atom. The average Bonchev–Trinajstić information content (AvgIpc) is 2.48. The predicted molar refractivity (Wildman–Crippen MR) is 69.7 cm³/mol. The Bertz CT molecular complexity index is 548. The fourth-order valence-corrected chi connectivity index (χ4v) is 2.16. The molecule has 0 aliphatic carbocycles. The molecule has 1 aliphatic heterocycles. The Morgan fingerprint density at radius 2 is 2.21 bits per heavy atom. The van der Waals surface area contributed by atoms with Gasteiger partial charge in [0.1, 0.15) is 24.1 Å². The van der Waals surface area contributed by atoms with Gasteiger partial charge in [-0.05, 0) is 19.1 Å². The number of rotatable bonds is 2. The Kier molecular flexibility index (Phi) is 3.33. The van der Waals surface area contributed by atoms with E-state index < -0.39 is 0 Å². The molecule has 6 nitrogen and oxygen atoms in total. The molecule has 1 aliphatic rings. The van der Waals surface area contributed by atoms with E-state index in [1.165, 1.54) is 0 Å². The third kappa shape index (κ3) is 2.68. The topological polar surface area (TPSA) is 64.0 Å². The van der Waals surface area contributed by atoms with Crippen molar-refractivity contribution in [3.05, 3.63) is 42.4 Å². The second-order valence-electron chi connectivity index (χ2n) is 4.40. The van der Waals surface area contributed by atoms with E-state index in [0.29, 0.717) is 6.61 Å². The van der Waals surface area contributed by atoms with Gasteiger partial charge in [-0.1, -0.05) is 0 Å². The van der Waals surface area contributed by atoms with Crippen LogP contribution >= 0.6 is 0 Å². The quantitative estimate of drug-likeness (QED) is 0.804. The monoisotopic (exact) mass is 257 g/mol. The SMILES string of the molecule is Cc1nccc(C2CN(c3ccncn3)CCO2)n1. The Balaban J connectivity index is 1.78. The van der Waals surface area contributed by atoms with Gasteiger partial charge >= 0.3 is 0 Å². The summed E-state index contributed by atoms with van der Waals surface area (Å²) < 4.78 is 5.80. The number of anilines is 1. The Labute approximate surface area is 111 Å². The first-order valence-corrected chi connectivity index (χ1v) is 6.25. The van der Waals surface area contributed by atoms with Gasteiger partial charge in [-0.3, -0.25) is 0 Å². The summed E-state index contributed by atoms with van der Waals surface area (Å²) in [5.41, 5.74) is 0.922. The van der Waals surface area contributed by atoms with Gasteiger partial charge in [0, 0.05) is 18.9 Å². The normalized spacial score (nSPS) is 19.4. The summed E-state index contributed by atoms with van der Waals surface area (Å²) in [7, 11) is 0. The molecule has 0 saturated carbocycles. The first-order valence-electron chi connectivity index (χ1n) is 6.25. The van der Waals surface area contributed by atoms with Crippen molar-refractivity contribution in [1.82, 2.24) is 19.9 Å². The van der Waals surface area contributed by atoms with Crippen molar-refractivity contribution >= 4 is 5.82 Å². The molecule has 1 atom stereocenters. The summed E-state index contributed by atoms with van der Waals surface area (Å²) in [6, 6.07) is 3.81. The molecule has 2 aromatic rings. The van der Waals surface area contributed by atoms with Crippen molar-refractivity contribution < 1.29 is 4.74 Å². The van der Waals surface area contributed by atoms with E-state index in [1.807, 2.05) is 19.1 Å². The smallest absolute Gasteiger partial charge is 0.132 e. The van der Waals surface area contributed by atoms with Gasteiger partial charge in [0.05, 0.1) is 18.8 Å². The fourth-order valence-electron chi connectivity index (χ4n) is 2.16. The van der Waals surface area contributed by atoms with Gasteiger partial charge in [-0.25, -0.2) is 19.9 Å². The van der Waals surface area contributed by atoms with Crippen LogP contribution in [0.25, 0.3) is 0 Å². The number of hydrogen-bond acceptors (Lipinski definition) is 6. The molecule has 0 amide bonds. The molecule has 2 aromatic heterocycles. The van der Waals surface area contributed by atoms with Gasteiger partial charge in [0.25, 0.3) is 0 Å². The van der Waals surface area contributed by atoms with Gasteiger partial charge in [-0.2, -0.15) is 0 Å². The second kappa shape index (κ2) is 5.27. The van der Waals surface area contributed by atoms with Crippen LogP contribution < -0.4 is 4.90 Å². The Morgan fingerprint density at radius 1 is 1.26 bits per heavy atom. The molecular weight excluding hydrogens is 242 g/mol. The number of ether oxygens (including phenoxy) is 1. The van der Waals surface area contributed by atoms with Gasteiger partial charge < -0.3 is 9.64 Å². The molecule has 1 unspecified atom stereocenters. The zero-order chi connectivity index (χ0) is 13.1. The lowest BCUT2D eigenvalue weighted by atomic mass is 10.2. The van der Waals surface area contributed by atoms with E-state index >= 15 is 0 Å². The highest BCUT2D eigenvalue weighted by Gasteiger charge is 2.23. The molecule has 3 heterocycles. The molecule has 1 saturated heterocycles. The van der Waals surface area contributed by atoms with Crippen molar-refractivity contribution in [2.75, 3.05) is 24.6 Å². The van der Waals surface area contributed by atoms with Gasteiger partial charge in [0.15, 0.2) is 0 Å². The van der Waals surface area contributed by atoms with E-state index in [9.17, 15) is 0 Å². The third-order valence-electron chi connectivity index (χ3n) is 3.08. The van der Waals surface area contributed by atoms with Gasteiger partial charge in [-0.15, -0.1) is 0 Å². The van der Waals surface area contributed by atoms with Crippen molar-refractivity contribution in [3.8, 4) is 0 Å². The van der Waals surface area contributed by atoms with Crippen LogP contribution in [-0.2, 0) is 4.74 Å². The molecule has 0 spiro atoms. The average molecular weight is 257 g/mol. The second-order valence-corrected chi connectivity index (χ2v) is 4.40. The maximum atomic E-state index is 5.80. The van der Waals surface area contributed by atoms with E-state index in [4.69, 9.17) is 4.74 Å². The van der Waals surface area contributed by atoms with Crippen molar-refractivity contribution in [3.63, 3.8) is 0 Å². The minimum absolute atomic E-state index is 0.0367. The summed E-state index contributed by atoms with van der Waals surface area (Å²) in [5, 5.41) is 0. The largest absolute Gasteiger partial charge is 0.368 e. The molecule has 6 heteroatoms. The van der Waals surface area contributed by atoms with Crippen LogP contribution in [-0.4, -0.2) is 39.6 Å². The van der Waals surface area contributed by atoms with Crippen LogP contribution in [0.15, 0.2) is 30.9 Å². The zero-order valence-electron chi connectivity index (χ0n) is 10.7. The molecule has 19 heavy (non-hydrogen) atoms. The molecular formula is C13H15N5O. The number of nitrogens with zero attached hydrogens (tertiary/aromatic N) is 5. The zero-order valence-corrected chi connectivity index (χ0v) is 10.7. The lowest BCUT2D eigenvalue weighted by Crippen LogP contribution is -2.39. The summed E-state index contributed by atoms with van der Waals surface area (Å²) in [6.45, 7) is 4.12. The van der Waals surface area contributed by atoms with E-state index in [0.717, 1.165) is 30.4 Å². The third-order valence-corrected chi connectivity index (χ3v) is 3.08. The summed E-state index contributed by atoms with van der Waals surface area (Å²) in [5.74, 6) is 1.69. The number of morpholine rings is 1. The first-order chi connectivity index (χ1) is 9.33. The summed E-state index contributed by atoms with van der Waals surface area (Å²) in [6.07, 6.45) is 5.05. The molecule has 0 radical (unpaired) electrons. The van der Waals surface area contributed by atoms with Crippen LogP contribution in [0, 0.1) is 6.92 Å². The molecule has 3 rings (SSSR count). The lowest BCUT2D eigenvalue weighted by Gasteiger charge is -2.33. The minimum Gasteiger partial charge on any atom is -0.368 e. The number of aromatic nitrogens is 4. The van der Waals surface area contributed by atoms with Crippen molar-refractivity contribution in [2.24, 2.45) is 0 Å².